The molecule has 0 radical (unpaired) electrons. The van der Waals surface area contributed by atoms with Gasteiger partial charge in [-0.2, -0.15) is 0 Å². The molecule has 0 aliphatic carbocycles. The second kappa shape index (κ2) is 5.09. The van der Waals surface area contributed by atoms with Crippen LogP contribution in [-0.4, -0.2) is 7.05 Å². The number of rotatable bonds is 3. The standard InChI is InChI=1S/C12H12INS/c1-14-7-9-5-12(15-8-9)10-3-2-4-11(13)6-10/h2-6,8,14H,7H2,1H3. The molecule has 1 N–H and O–H groups in total. The minimum absolute atomic E-state index is 0.945. The highest BCUT2D eigenvalue weighted by atomic mass is 127. The Labute approximate surface area is 108 Å². The van der Waals surface area contributed by atoms with Crippen molar-refractivity contribution in [2.45, 2.75) is 6.54 Å². The zero-order chi connectivity index (χ0) is 10.7. The van der Waals surface area contributed by atoms with Crippen molar-refractivity contribution in [2.24, 2.45) is 0 Å². The van der Waals surface area contributed by atoms with E-state index in [1.807, 2.05) is 18.4 Å². The van der Waals surface area contributed by atoms with Crippen LogP contribution in [-0.2, 0) is 6.54 Å². The van der Waals surface area contributed by atoms with Crippen LogP contribution < -0.4 is 5.32 Å². The van der Waals surface area contributed by atoms with Gasteiger partial charge in [0.15, 0.2) is 0 Å². The number of hydrogen-bond donors (Lipinski definition) is 1. The summed E-state index contributed by atoms with van der Waals surface area (Å²) in [4.78, 5) is 1.35. The number of thiophene rings is 1. The summed E-state index contributed by atoms with van der Waals surface area (Å²) in [5.74, 6) is 0. The summed E-state index contributed by atoms with van der Waals surface area (Å²) < 4.78 is 1.29. The topological polar surface area (TPSA) is 12.0 Å². The van der Waals surface area contributed by atoms with Crippen LogP contribution in [0.2, 0.25) is 0 Å². The van der Waals surface area contributed by atoms with Crippen LogP contribution in [0.3, 0.4) is 0 Å². The Morgan fingerprint density at radius 3 is 2.93 bits per heavy atom. The molecule has 0 saturated carbocycles. The third kappa shape index (κ3) is 2.80. The first-order valence-electron chi connectivity index (χ1n) is 4.77. The van der Waals surface area contributed by atoms with Crippen LogP contribution in [0.1, 0.15) is 5.56 Å². The van der Waals surface area contributed by atoms with Gasteiger partial charge in [-0.05, 0) is 64.3 Å². The zero-order valence-corrected chi connectivity index (χ0v) is 11.4. The molecule has 0 saturated heterocycles. The summed E-state index contributed by atoms with van der Waals surface area (Å²) >= 11 is 4.16. The molecule has 15 heavy (non-hydrogen) atoms. The van der Waals surface area contributed by atoms with E-state index in [0.29, 0.717) is 0 Å². The van der Waals surface area contributed by atoms with Crippen LogP contribution in [0.5, 0.6) is 0 Å². The zero-order valence-electron chi connectivity index (χ0n) is 8.46. The number of benzene rings is 1. The molecule has 1 nitrogen and oxygen atoms in total. The van der Waals surface area contributed by atoms with Gasteiger partial charge in [0.25, 0.3) is 0 Å². The lowest BCUT2D eigenvalue weighted by Gasteiger charge is -1.97. The SMILES string of the molecule is CNCc1csc(-c2cccc(I)c2)c1. The van der Waals surface area contributed by atoms with E-state index < -0.39 is 0 Å². The summed E-state index contributed by atoms with van der Waals surface area (Å²) in [6, 6.07) is 10.9. The lowest BCUT2D eigenvalue weighted by Crippen LogP contribution is -2.03. The van der Waals surface area contributed by atoms with Crippen molar-refractivity contribution < 1.29 is 0 Å². The highest BCUT2D eigenvalue weighted by Crippen LogP contribution is 2.28. The van der Waals surface area contributed by atoms with Gasteiger partial charge in [0.1, 0.15) is 0 Å². The minimum atomic E-state index is 0.945. The molecule has 2 rings (SSSR count). The molecular weight excluding hydrogens is 317 g/mol. The summed E-state index contributed by atoms with van der Waals surface area (Å²) in [5.41, 5.74) is 2.67. The lowest BCUT2D eigenvalue weighted by atomic mass is 10.2. The van der Waals surface area contributed by atoms with Crippen molar-refractivity contribution in [1.82, 2.24) is 5.32 Å². The summed E-state index contributed by atoms with van der Waals surface area (Å²) in [5, 5.41) is 5.38. The second-order valence-electron chi connectivity index (χ2n) is 3.36. The van der Waals surface area contributed by atoms with E-state index in [-0.39, 0.29) is 0 Å². The summed E-state index contributed by atoms with van der Waals surface area (Å²) in [6.45, 7) is 0.945. The smallest absolute Gasteiger partial charge is 0.0346 e. The average Bonchev–Trinajstić information content (AvgIpc) is 2.67. The van der Waals surface area contributed by atoms with Crippen molar-refractivity contribution in [3.8, 4) is 10.4 Å². The quantitative estimate of drug-likeness (QED) is 0.846. The maximum atomic E-state index is 3.17. The summed E-state index contributed by atoms with van der Waals surface area (Å²) in [7, 11) is 1.97. The molecule has 1 aromatic carbocycles. The van der Waals surface area contributed by atoms with Gasteiger partial charge in [-0.1, -0.05) is 12.1 Å². The van der Waals surface area contributed by atoms with Crippen LogP contribution >= 0.6 is 33.9 Å². The highest BCUT2D eigenvalue weighted by Gasteiger charge is 2.02. The Bertz CT molecular complexity index is 450. The van der Waals surface area contributed by atoms with E-state index in [4.69, 9.17) is 0 Å². The summed E-state index contributed by atoms with van der Waals surface area (Å²) in [6.07, 6.45) is 0. The van der Waals surface area contributed by atoms with E-state index in [9.17, 15) is 0 Å². The Hall–Kier alpha value is -0.390. The maximum Gasteiger partial charge on any atom is 0.0346 e. The Morgan fingerprint density at radius 1 is 1.33 bits per heavy atom. The van der Waals surface area contributed by atoms with Crippen LogP contribution in [0, 0.1) is 3.57 Å². The van der Waals surface area contributed by atoms with Crippen molar-refractivity contribution in [3.63, 3.8) is 0 Å². The Morgan fingerprint density at radius 2 is 2.20 bits per heavy atom. The van der Waals surface area contributed by atoms with E-state index in [0.717, 1.165) is 6.54 Å². The molecule has 0 fully saturated rings. The Kier molecular flexibility index (Phi) is 3.77. The molecule has 0 unspecified atom stereocenters. The van der Waals surface area contributed by atoms with Crippen LogP contribution in [0.4, 0.5) is 0 Å². The first-order chi connectivity index (χ1) is 7.29. The fourth-order valence-electron chi connectivity index (χ4n) is 1.47. The molecule has 1 heterocycles. The van der Waals surface area contributed by atoms with Gasteiger partial charge < -0.3 is 5.32 Å². The van der Waals surface area contributed by atoms with Gasteiger partial charge in [-0.3, -0.25) is 0 Å². The van der Waals surface area contributed by atoms with Crippen LogP contribution in [0.15, 0.2) is 35.7 Å². The molecule has 2 aromatic rings. The van der Waals surface area contributed by atoms with Crippen molar-refractivity contribution in [3.05, 3.63) is 44.8 Å². The fourth-order valence-corrected chi connectivity index (χ4v) is 2.92. The van der Waals surface area contributed by atoms with Crippen molar-refractivity contribution >= 4 is 33.9 Å². The van der Waals surface area contributed by atoms with Gasteiger partial charge in [-0.25, -0.2) is 0 Å². The predicted octanol–water partition coefficient (Wildman–Crippen LogP) is 3.74. The third-order valence-corrected chi connectivity index (χ3v) is 3.84. The molecule has 0 amide bonds. The maximum absolute atomic E-state index is 3.17. The van der Waals surface area contributed by atoms with Gasteiger partial charge >= 0.3 is 0 Å². The molecule has 78 valence electrons. The van der Waals surface area contributed by atoms with Gasteiger partial charge in [0, 0.05) is 15.0 Å². The van der Waals surface area contributed by atoms with E-state index in [1.54, 1.807) is 0 Å². The van der Waals surface area contributed by atoms with Gasteiger partial charge in [0.05, 0.1) is 0 Å². The minimum Gasteiger partial charge on any atom is -0.316 e. The highest BCUT2D eigenvalue weighted by molar-refractivity contribution is 14.1. The van der Waals surface area contributed by atoms with Crippen molar-refractivity contribution in [2.75, 3.05) is 7.05 Å². The average molecular weight is 329 g/mol. The molecule has 1 aromatic heterocycles. The molecule has 3 heteroatoms. The second-order valence-corrected chi connectivity index (χ2v) is 5.52. The third-order valence-electron chi connectivity index (χ3n) is 2.14. The van der Waals surface area contributed by atoms with Crippen LogP contribution in [0.25, 0.3) is 10.4 Å². The molecule has 0 aliphatic rings. The monoisotopic (exact) mass is 329 g/mol. The number of hydrogen-bond acceptors (Lipinski definition) is 2. The normalized spacial score (nSPS) is 10.5. The predicted molar refractivity (Wildman–Crippen MR) is 75.2 cm³/mol. The fraction of sp³-hybridized carbons (Fsp3) is 0.167. The van der Waals surface area contributed by atoms with Gasteiger partial charge in [0.2, 0.25) is 0 Å². The van der Waals surface area contributed by atoms with Crippen molar-refractivity contribution in [1.29, 1.82) is 0 Å². The Balaban J connectivity index is 2.29. The lowest BCUT2D eigenvalue weighted by molar-refractivity contribution is 0.821. The molecule has 0 spiro atoms. The van der Waals surface area contributed by atoms with Gasteiger partial charge in [-0.15, -0.1) is 11.3 Å². The van der Waals surface area contributed by atoms with E-state index in [1.165, 1.54) is 19.6 Å². The molecule has 0 atom stereocenters. The molecule has 0 aliphatic heterocycles. The molecular formula is C12H12INS. The molecule has 0 bridgehead atoms. The first kappa shape index (κ1) is 11.1. The number of nitrogens with one attached hydrogen (secondary N) is 1. The largest absolute Gasteiger partial charge is 0.316 e. The van der Waals surface area contributed by atoms with E-state index >= 15 is 0 Å². The van der Waals surface area contributed by atoms with E-state index in [2.05, 4.69) is 63.6 Å². The number of halogens is 1. The first-order valence-corrected chi connectivity index (χ1v) is 6.73.